The van der Waals surface area contributed by atoms with Gasteiger partial charge in [0, 0.05) is 5.02 Å². The molecule has 2 N–H and O–H groups in total. The molecule has 1 aromatic carbocycles. The van der Waals surface area contributed by atoms with Crippen LogP contribution in [0.2, 0.25) is 10.0 Å². The van der Waals surface area contributed by atoms with Crippen molar-refractivity contribution in [3.8, 4) is 0 Å². The van der Waals surface area contributed by atoms with E-state index in [4.69, 9.17) is 28.3 Å². The quantitative estimate of drug-likeness (QED) is 0.870. The van der Waals surface area contributed by atoms with Crippen molar-refractivity contribution in [1.29, 1.82) is 0 Å². The maximum absolute atomic E-state index is 11.7. The van der Waals surface area contributed by atoms with Crippen LogP contribution >= 0.6 is 35.0 Å². The van der Waals surface area contributed by atoms with Crippen LogP contribution in [0.15, 0.2) is 18.2 Å². The minimum atomic E-state index is -1.02. The van der Waals surface area contributed by atoms with Crippen molar-refractivity contribution in [2.24, 2.45) is 0 Å². The Hall–Kier alpha value is -0.910. The fraction of sp³-hybridized carbons (Fsp3) is 0.333. The van der Waals surface area contributed by atoms with E-state index in [0.29, 0.717) is 15.7 Å². The van der Waals surface area contributed by atoms with E-state index in [0.717, 1.165) is 11.8 Å². The number of rotatable bonds is 5. The van der Waals surface area contributed by atoms with Gasteiger partial charge in [-0.05, 0) is 32.0 Å². The molecule has 0 aliphatic carbocycles. The summed E-state index contributed by atoms with van der Waals surface area (Å²) in [4.78, 5) is 22.6. The van der Waals surface area contributed by atoms with Crippen LogP contribution in [-0.4, -0.2) is 27.5 Å². The molecular weight excluding hydrogens is 309 g/mol. The van der Waals surface area contributed by atoms with Gasteiger partial charge in [0.25, 0.3) is 0 Å². The number of amides is 1. The number of aliphatic carboxylic acids is 1. The normalized spacial score (nSPS) is 11.2. The number of thioether (sulfide) groups is 1. The van der Waals surface area contributed by atoms with E-state index in [-0.39, 0.29) is 11.7 Å². The van der Waals surface area contributed by atoms with E-state index >= 15 is 0 Å². The second-order valence-corrected chi connectivity index (χ2v) is 6.72. The summed E-state index contributed by atoms with van der Waals surface area (Å²) < 4.78 is -1.02. The average molecular weight is 322 g/mol. The summed E-state index contributed by atoms with van der Waals surface area (Å²) in [5.41, 5.74) is 0.410. The van der Waals surface area contributed by atoms with E-state index in [1.54, 1.807) is 26.0 Å². The molecule has 1 aromatic rings. The third kappa shape index (κ3) is 4.93. The number of halogens is 2. The van der Waals surface area contributed by atoms with E-state index in [1.165, 1.54) is 6.07 Å². The molecule has 4 nitrogen and oxygen atoms in total. The molecule has 1 rings (SSSR count). The minimum absolute atomic E-state index is 0.0160. The number of carbonyl (C=O) groups excluding carboxylic acids is 1. The Kier molecular flexibility index (Phi) is 5.52. The molecule has 0 atom stereocenters. The first-order chi connectivity index (χ1) is 8.72. The van der Waals surface area contributed by atoms with Gasteiger partial charge in [0.15, 0.2) is 0 Å². The third-order valence-corrected chi connectivity index (χ3v) is 4.15. The smallest absolute Gasteiger partial charge is 0.319 e. The van der Waals surface area contributed by atoms with Crippen molar-refractivity contribution in [2.75, 3.05) is 11.1 Å². The number of hydrogen-bond acceptors (Lipinski definition) is 3. The molecule has 19 heavy (non-hydrogen) atoms. The largest absolute Gasteiger partial charge is 0.480 e. The molecule has 0 bridgehead atoms. The van der Waals surface area contributed by atoms with Gasteiger partial charge in [-0.25, -0.2) is 0 Å². The van der Waals surface area contributed by atoms with Crippen molar-refractivity contribution in [3.05, 3.63) is 28.2 Å². The molecule has 0 heterocycles. The van der Waals surface area contributed by atoms with E-state index in [1.807, 2.05) is 0 Å². The summed E-state index contributed by atoms with van der Waals surface area (Å²) in [6.45, 7) is 3.08. The van der Waals surface area contributed by atoms with Crippen LogP contribution in [-0.2, 0) is 9.59 Å². The highest BCUT2D eigenvalue weighted by Gasteiger charge is 2.28. The molecule has 0 fully saturated rings. The lowest BCUT2D eigenvalue weighted by atomic mass is 10.2. The Balaban J connectivity index is 2.61. The summed E-state index contributed by atoms with van der Waals surface area (Å²) in [5, 5.41) is 12.4. The van der Waals surface area contributed by atoms with Gasteiger partial charge in [-0.2, -0.15) is 0 Å². The van der Waals surface area contributed by atoms with Crippen LogP contribution in [0.3, 0.4) is 0 Å². The highest BCUT2D eigenvalue weighted by Crippen LogP contribution is 2.27. The van der Waals surface area contributed by atoms with Gasteiger partial charge in [-0.3, -0.25) is 9.59 Å². The molecule has 0 saturated heterocycles. The second-order valence-electron chi connectivity index (χ2n) is 4.28. The lowest BCUT2D eigenvalue weighted by Gasteiger charge is -2.18. The van der Waals surface area contributed by atoms with Crippen molar-refractivity contribution in [2.45, 2.75) is 18.6 Å². The molecular formula is C12H13Cl2NO3S. The predicted octanol–water partition coefficient (Wildman–Crippen LogP) is 3.53. The molecule has 0 aromatic heterocycles. The Labute approximate surface area is 125 Å². The van der Waals surface area contributed by atoms with E-state index in [9.17, 15) is 9.59 Å². The van der Waals surface area contributed by atoms with Crippen LogP contribution in [0.1, 0.15) is 13.8 Å². The van der Waals surface area contributed by atoms with Crippen molar-refractivity contribution in [1.82, 2.24) is 0 Å². The predicted molar refractivity (Wildman–Crippen MR) is 79.3 cm³/mol. The topological polar surface area (TPSA) is 66.4 Å². The van der Waals surface area contributed by atoms with Crippen LogP contribution in [0, 0.1) is 0 Å². The van der Waals surface area contributed by atoms with Crippen LogP contribution in [0.5, 0.6) is 0 Å². The van der Waals surface area contributed by atoms with Crippen molar-refractivity contribution >= 4 is 52.5 Å². The fourth-order valence-corrected chi connectivity index (χ4v) is 2.11. The van der Waals surface area contributed by atoms with Crippen LogP contribution in [0.4, 0.5) is 5.69 Å². The SMILES string of the molecule is CC(C)(SCC(=O)Nc1cc(Cl)ccc1Cl)C(=O)O. The average Bonchev–Trinajstić information content (AvgIpc) is 2.31. The van der Waals surface area contributed by atoms with Crippen LogP contribution < -0.4 is 5.32 Å². The van der Waals surface area contributed by atoms with Crippen molar-refractivity contribution < 1.29 is 14.7 Å². The maximum Gasteiger partial charge on any atom is 0.319 e. The van der Waals surface area contributed by atoms with Gasteiger partial charge in [0.05, 0.1) is 16.5 Å². The number of anilines is 1. The Morgan fingerprint density at radius 2 is 2.00 bits per heavy atom. The fourth-order valence-electron chi connectivity index (χ4n) is 1.09. The molecule has 7 heteroatoms. The van der Waals surface area contributed by atoms with E-state index in [2.05, 4.69) is 5.32 Å². The molecule has 0 spiro atoms. The number of carboxylic acids is 1. The van der Waals surface area contributed by atoms with Gasteiger partial charge >= 0.3 is 5.97 Å². The number of nitrogens with one attached hydrogen (secondary N) is 1. The Bertz CT molecular complexity index is 506. The Morgan fingerprint density at radius 3 is 2.58 bits per heavy atom. The summed E-state index contributed by atoms with van der Waals surface area (Å²) in [6.07, 6.45) is 0. The third-order valence-electron chi connectivity index (χ3n) is 2.28. The van der Waals surface area contributed by atoms with Gasteiger partial charge in [-0.15, -0.1) is 11.8 Å². The van der Waals surface area contributed by atoms with Crippen molar-refractivity contribution in [3.63, 3.8) is 0 Å². The monoisotopic (exact) mass is 321 g/mol. The highest BCUT2D eigenvalue weighted by atomic mass is 35.5. The summed E-state index contributed by atoms with van der Waals surface area (Å²) >= 11 is 12.7. The number of benzene rings is 1. The first kappa shape index (κ1) is 16.1. The zero-order valence-electron chi connectivity index (χ0n) is 10.4. The summed E-state index contributed by atoms with van der Waals surface area (Å²) in [6, 6.07) is 4.73. The molecule has 0 saturated carbocycles. The van der Waals surface area contributed by atoms with E-state index < -0.39 is 10.7 Å². The van der Waals surface area contributed by atoms with Crippen LogP contribution in [0.25, 0.3) is 0 Å². The molecule has 0 aliphatic rings. The van der Waals surface area contributed by atoms with Gasteiger partial charge in [0.2, 0.25) is 5.91 Å². The number of hydrogen-bond donors (Lipinski definition) is 2. The first-order valence-corrected chi connectivity index (χ1v) is 7.09. The molecule has 104 valence electrons. The summed E-state index contributed by atoms with van der Waals surface area (Å²) in [5.74, 6) is -1.28. The minimum Gasteiger partial charge on any atom is -0.480 e. The lowest BCUT2D eigenvalue weighted by molar-refractivity contribution is -0.138. The second kappa shape index (κ2) is 6.50. The van der Waals surface area contributed by atoms with Gasteiger partial charge in [-0.1, -0.05) is 23.2 Å². The standard InChI is InChI=1S/C12H13Cl2NO3S/c1-12(2,11(17)18)19-6-10(16)15-9-5-7(13)3-4-8(9)14/h3-5H,6H2,1-2H3,(H,15,16)(H,17,18). The van der Waals surface area contributed by atoms with Gasteiger partial charge in [0.1, 0.15) is 4.75 Å². The summed E-state index contributed by atoms with van der Waals surface area (Å²) in [7, 11) is 0. The zero-order valence-corrected chi connectivity index (χ0v) is 12.7. The molecule has 1 amide bonds. The molecule has 0 unspecified atom stereocenters. The zero-order chi connectivity index (χ0) is 14.6. The number of carboxylic acid groups (broad SMARTS) is 1. The molecule has 0 radical (unpaired) electrons. The van der Waals surface area contributed by atoms with Gasteiger partial charge < -0.3 is 10.4 Å². The highest BCUT2D eigenvalue weighted by molar-refractivity contribution is 8.02. The first-order valence-electron chi connectivity index (χ1n) is 5.34. The number of carbonyl (C=O) groups is 2. The molecule has 0 aliphatic heterocycles. The lowest BCUT2D eigenvalue weighted by Crippen LogP contribution is -2.29. The maximum atomic E-state index is 11.7. The Morgan fingerprint density at radius 1 is 1.37 bits per heavy atom.